The van der Waals surface area contributed by atoms with Gasteiger partial charge in [0.15, 0.2) is 5.69 Å². The maximum Gasteiger partial charge on any atom is 0.358 e. The molecule has 20 heavy (non-hydrogen) atoms. The molecule has 2 aromatic rings. The predicted octanol–water partition coefficient (Wildman–Crippen LogP) is 2.80. The van der Waals surface area contributed by atoms with Gasteiger partial charge in [0.2, 0.25) is 0 Å². The number of carbonyl (C=O) groups is 1. The van der Waals surface area contributed by atoms with Crippen molar-refractivity contribution in [2.45, 2.75) is 38.5 Å². The van der Waals surface area contributed by atoms with Gasteiger partial charge in [-0.1, -0.05) is 36.8 Å². The number of hydrogen-bond donors (Lipinski definition) is 1. The molecule has 0 aliphatic heterocycles. The smallest absolute Gasteiger partial charge is 0.358 e. The van der Waals surface area contributed by atoms with Crippen molar-refractivity contribution < 1.29 is 9.90 Å². The number of carboxylic acid groups (broad SMARTS) is 1. The Bertz CT molecular complexity index is 644. The van der Waals surface area contributed by atoms with Crippen molar-refractivity contribution in [3.63, 3.8) is 0 Å². The molecule has 3 rings (SSSR count). The molecule has 0 atom stereocenters. The van der Waals surface area contributed by atoms with Gasteiger partial charge in [-0.3, -0.25) is 0 Å². The van der Waals surface area contributed by atoms with Crippen LogP contribution in [0.5, 0.6) is 0 Å². The lowest BCUT2D eigenvalue weighted by molar-refractivity contribution is 0.0687. The van der Waals surface area contributed by atoms with Gasteiger partial charge in [-0.15, -0.1) is 5.10 Å². The van der Waals surface area contributed by atoms with Gasteiger partial charge in [-0.05, 0) is 30.9 Å². The zero-order valence-electron chi connectivity index (χ0n) is 11.4. The highest BCUT2D eigenvalue weighted by atomic mass is 16.4. The van der Waals surface area contributed by atoms with E-state index in [0.717, 1.165) is 42.6 Å². The Kier molecular flexibility index (Phi) is 3.26. The number of carboxylic acids is 1. The lowest BCUT2D eigenvalue weighted by Crippen LogP contribution is -2.18. The Hall–Kier alpha value is -2.17. The van der Waals surface area contributed by atoms with Gasteiger partial charge in [0.1, 0.15) is 0 Å². The summed E-state index contributed by atoms with van der Waals surface area (Å²) in [5.41, 5.74) is 2.94. The fourth-order valence-electron chi connectivity index (χ4n) is 2.68. The molecule has 0 amide bonds. The molecule has 0 radical (unpaired) electrons. The molecule has 0 saturated heterocycles. The summed E-state index contributed by atoms with van der Waals surface area (Å²) in [4.78, 5) is 11.3. The van der Waals surface area contributed by atoms with Crippen molar-refractivity contribution in [1.82, 2.24) is 15.0 Å². The second-order valence-corrected chi connectivity index (χ2v) is 5.15. The van der Waals surface area contributed by atoms with E-state index in [-0.39, 0.29) is 11.6 Å². The molecule has 1 fully saturated rings. The van der Waals surface area contributed by atoms with Crippen molar-refractivity contribution >= 4 is 5.97 Å². The standard InChI is InChI=1S/C15H17N3O2/c1-2-10-6-3-4-9-12(10)18-14(11-7-5-8-11)13(15(19)20)16-17-18/h3-4,6,9,11H,2,5,7-8H2,1H3,(H,19,20). The van der Waals surface area contributed by atoms with E-state index in [9.17, 15) is 9.90 Å². The maximum absolute atomic E-state index is 11.3. The summed E-state index contributed by atoms with van der Waals surface area (Å²) in [6, 6.07) is 7.95. The van der Waals surface area contributed by atoms with Gasteiger partial charge in [0.25, 0.3) is 0 Å². The molecule has 5 heteroatoms. The SMILES string of the molecule is CCc1ccccc1-n1nnc(C(=O)O)c1C1CCC1. The van der Waals surface area contributed by atoms with Gasteiger partial charge < -0.3 is 5.11 Å². The van der Waals surface area contributed by atoms with Crippen molar-refractivity contribution in [2.75, 3.05) is 0 Å². The number of aryl methyl sites for hydroxylation is 1. The summed E-state index contributed by atoms with van der Waals surface area (Å²) >= 11 is 0. The van der Waals surface area contributed by atoms with Crippen LogP contribution in [-0.4, -0.2) is 26.1 Å². The van der Waals surface area contributed by atoms with Crippen LogP contribution in [0.2, 0.25) is 0 Å². The minimum absolute atomic E-state index is 0.0978. The first-order valence-electron chi connectivity index (χ1n) is 6.99. The van der Waals surface area contributed by atoms with E-state index < -0.39 is 5.97 Å². The Morgan fingerprint density at radius 3 is 2.75 bits per heavy atom. The van der Waals surface area contributed by atoms with Crippen molar-refractivity contribution in [3.8, 4) is 5.69 Å². The predicted molar refractivity (Wildman–Crippen MR) is 74.3 cm³/mol. The summed E-state index contributed by atoms with van der Waals surface area (Å²) in [6.07, 6.45) is 4.05. The molecule has 1 saturated carbocycles. The highest BCUT2D eigenvalue weighted by molar-refractivity contribution is 5.87. The van der Waals surface area contributed by atoms with Gasteiger partial charge in [0.05, 0.1) is 11.4 Å². The number of nitrogens with zero attached hydrogens (tertiary/aromatic N) is 3. The van der Waals surface area contributed by atoms with Gasteiger partial charge in [0, 0.05) is 5.92 Å². The monoisotopic (exact) mass is 271 g/mol. The number of para-hydroxylation sites is 1. The molecule has 5 nitrogen and oxygen atoms in total. The van der Waals surface area contributed by atoms with Gasteiger partial charge in [-0.2, -0.15) is 0 Å². The molecule has 0 spiro atoms. The molecule has 1 aliphatic carbocycles. The lowest BCUT2D eigenvalue weighted by Gasteiger charge is -2.26. The summed E-state index contributed by atoms with van der Waals surface area (Å²) < 4.78 is 1.73. The van der Waals surface area contributed by atoms with Crippen LogP contribution in [-0.2, 0) is 6.42 Å². The highest BCUT2D eigenvalue weighted by Crippen LogP contribution is 2.38. The molecule has 1 aromatic heterocycles. The Morgan fingerprint density at radius 2 is 2.15 bits per heavy atom. The zero-order chi connectivity index (χ0) is 14.1. The third-order valence-electron chi connectivity index (χ3n) is 4.00. The van der Waals surface area contributed by atoms with Crippen LogP contribution in [0.1, 0.15) is 53.8 Å². The van der Waals surface area contributed by atoms with Crippen LogP contribution in [0.3, 0.4) is 0 Å². The second kappa shape index (κ2) is 5.07. The average Bonchev–Trinajstić information content (AvgIpc) is 2.81. The van der Waals surface area contributed by atoms with Crippen molar-refractivity contribution in [1.29, 1.82) is 0 Å². The molecule has 1 aromatic carbocycles. The third-order valence-corrected chi connectivity index (χ3v) is 4.00. The number of aromatic nitrogens is 3. The first-order valence-corrected chi connectivity index (χ1v) is 6.99. The van der Waals surface area contributed by atoms with Crippen LogP contribution in [0.4, 0.5) is 0 Å². The molecular formula is C15H17N3O2. The van der Waals surface area contributed by atoms with Gasteiger partial charge in [-0.25, -0.2) is 9.48 Å². The number of hydrogen-bond acceptors (Lipinski definition) is 3. The molecule has 0 unspecified atom stereocenters. The number of rotatable bonds is 4. The fourth-order valence-corrected chi connectivity index (χ4v) is 2.68. The fraction of sp³-hybridized carbons (Fsp3) is 0.400. The van der Waals surface area contributed by atoms with Gasteiger partial charge >= 0.3 is 5.97 Å². The summed E-state index contributed by atoms with van der Waals surface area (Å²) in [6.45, 7) is 2.08. The molecule has 104 valence electrons. The molecule has 1 N–H and O–H groups in total. The molecular weight excluding hydrogens is 254 g/mol. The van der Waals surface area contributed by atoms with Crippen LogP contribution in [0.25, 0.3) is 5.69 Å². The minimum atomic E-state index is -0.993. The van der Waals surface area contributed by atoms with Crippen LogP contribution in [0.15, 0.2) is 24.3 Å². The Labute approximate surface area is 117 Å². The van der Waals surface area contributed by atoms with E-state index in [2.05, 4.69) is 17.2 Å². The van der Waals surface area contributed by atoms with E-state index in [0.29, 0.717) is 0 Å². The quantitative estimate of drug-likeness (QED) is 0.928. The number of aromatic carboxylic acids is 1. The highest BCUT2D eigenvalue weighted by Gasteiger charge is 2.31. The summed E-state index contributed by atoms with van der Waals surface area (Å²) in [7, 11) is 0. The van der Waals surface area contributed by atoms with E-state index in [1.807, 2.05) is 24.3 Å². The van der Waals surface area contributed by atoms with E-state index in [1.54, 1.807) is 4.68 Å². The Balaban J connectivity index is 2.16. The molecule has 1 heterocycles. The maximum atomic E-state index is 11.3. The van der Waals surface area contributed by atoms with E-state index in [4.69, 9.17) is 0 Å². The summed E-state index contributed by atoms with van der Waals surface area (Å²) in [5, 5.41) is 17.3. The first kappa shape index (κ1) is 12.8. The molecule has 1 aliphatic rings. The second-order valence-electron chi connectivity index (χ2n) is 5.15. The zero-order valence-corrected chi connectivity index (χ0v) is 11.4. The normalized spacial score (nSPS) is 15.1. The first-order chi connectivity index (χ1) is 9.72. The molecule has 0 bridgehead atoms. The summed E-state index contributed by atoms with van der Waals surface area (Å²) in [5.74, 6) is -0.729. The topological polar surface area (TPSA) is 68.0 Å². The van der Waals surface area contributed by atoms with E-state index >= 15 is 0 Å². The number of benzene rings is 1. The van der Waals surface area contributed by atoms with Crippen LogP contribution < -0.4 is 0 Å². The largest absolute Gasteiger partial charge is 0.476 e. The van der Waals surface area contributed by atoms with E-state index in [1.165, 1.54) is 0 Å². The van der Waals surface area contributed by atoms with Crippen LogP contribution >= 0.6 is 0 Å². The average molecular weight is 271 g/mol. The Morgan fingerprint density at radius 1 is 1.40 bits per heavy atom. The third kappa shape index (κ3) is 1.99. The van der Waals surface area contributed by atoms with Crippen molar-refractivity contribution in [2.24, 2.45) is 0 Å². The van der Waals surface area contributed by atoms with Crippen molar-refractivity contribution in [3.05, 3.63) is 41.2 Å². The lowest BCUT2D eigenvalue weighted by atomic mass is 9.82. The minimum Gasteiger partial charge on any atom is -0.476 e. The van der Waals surface area contributed by atoms with Crippen LogP contribution in [0, 0.1) is 0 Å².